The second kappa shape index (κ2) is 7.25. The maximum absolute atomic E-state index is 10.7. The molecule has 0 aliphatic rings. The molecule has 0 saturated heterocycles. The topological polar surface area (TPSA) is 55.1 Å². The van der Waals surface area contributed by atoms with E-state index in [0.717, 1.165) is 43.6 Å². The van der Waals surface area contributed by atoms with Gasteiger partial charge in [0.25, 0.3) is 0 Å². The first-order valence-corrected chi connectivity index (χ1v) is 7.85. The summed E-state index contributed by atoms with van der Waals surface area (Å²) in [5.41, 5.74) is 3.50. The Morgan fingerprint density at radius 1 is 1.29 bits per heavy atom. The van der Waals surface area contributed by atoms with Crippen LogP contribution in [0, 0.1) is 0 Å². The summed E-state index contributed by atoms with van der Waals surface area (Å²) >= 11 is 0. The van der Waals surface area contributed by atoms with E-state index < -0.39 is 5.97 Å². The molecule has 0 atom stereocenters. The van der Waals surface area contributed by atoms with Crippen LogP contribution in [0.3, 0.4) is 0 Å². The van der Waals surface area contributed by atoms with Crippen LogP contribution in [-0.4, -0.2) is 20.6 Å². The average molecular weight is 288 g/mol. The zero-order chi connectivity index (χ0) is 15.2. The third-order valence-electron chi connectivity index (χ3n) is 3.83. The first kappa shape index (κ1) is 15.5. The summed E-state index contributed by atoms with van der Waals surface area (Å²) in [6.45, 7) is 5.28. The lowest BCUT2D eigenvalue weighted by molar-refractivity contribution is -0.137. The zero-order valence-corrected chi connectivity index (χ0v) is 12.9. The second-order valence-corrected chi connectivity index (χ2v) is 5.46. The number of carboxylic acids is 1. The number of carboxylic acid groups (broad SMARTS) is 1. The molecule has 0 aliphatic heterocycles. The van der Waals surface area contributed by atoms with Gasteiger partial charge in [-0.05, 0) is 37.0 Å². The Morgan fingerprint density at radius 3 is 2.76 bits per heavy atom. The fraction of sp³-hybridized carbons (Fsp3) is 0.529. The minimum absolute atomic E-state index is 0.206. The van der Waals surface area contributed by atoms with E-state index in [0.29, 0.717) is 6.42 Å². The Balaban J connectivity index is 2.29. The van der Waals surface area contributed by atoms with Crippen molar-refractivity contribution in [2.45, 2.75) is 58.9 Å². The smallest absolute Gasteiger partial charge is 0.303 e. The maximum Gasteiger partial charge on any atom is 0.303 e. The van der Waals surface area contributed by atoms with Crippen LogP contribution in [0.2, 0.25) is 0 Å². The van der Waals surface area contributed by atoms with Gasteiger partial charge in [0.1, 0.15) is 5.82 Å². The van der Waals surface area contributed by atoms with E-state index in [4.69, 9.17) is 10.1 Å². The van der Waals surface area contributed by atoms with Crippen molar-refractivity contribution >= 4 is 17.0 Å². The van der Waals surface area contributed by atoms with Gasteiger partial charge in [-0.3, -0.25) is 4.79 Å². The van der Waals surface area contributed by atoms with Gasteiger partial charge in [0.2, 0.25) is 0 Å². The molecule has 0 aliphatic carbocycles. The van der Waals surface area contributed by atoms with Crippen molar-refractivity contribution in [3.8, 4) is 0 Å². The largest absolute Gasteiger partial charge is 0.481 e. The normalized spacial score (nSPS) is 11.1. The van der Waals surface area contributed by atoms with Gasteiger partial charge in [0.15, 0.2) is 0 Å². The van der Waals surface area contributed by atoms with Crippen molar-refractivity contribution in [1.29, 1.82) is 0 Å². The van der Waals surface area contributed by atoms with Gasteiger partial charge in [-0.15, -0.1) is 0 Å². The van der Waals surface area contributed by atoms with Crippen molar-refractivity contribution in [1.82, 2.24) is 9.55 Å². The second-order valence-electron chi connectivity index (χ2n) is 5.46. The summed E-state index contributed by atoms with van der Waals surface area (Å²) in [5.74, 6) is 0.285. The van der Waals surface area contributed by atoms with Crippen molar-refractivity contribution in [2.24, 2.45) is 0 Å². The molecule has 21 heavy (non-hydrogen) atoms. The molecular weight excluding hydrogens is 264 g/mol. The molecule has 0 radical (unpaired) electrons. The Labute approximate surface area is 125 Å². The van der Waals surface area contributed by atoms with Gasteiger partial charge in [-0.1, -0.05) is 26.3 Å². The van der Waals surface area contributed by atoms with Gasteiger partial charge in [0, 0.05) is 19.4 Å². The summed E-state index contributed by atoms with van der Waals surface area (Å²) in [6.07, 6.45) is 4.84. The van der Waals surface area contributed by atoms with E-state index in [1.165, 1.54) is 11.1 Å². The molecule has 1 N–H and O–H groups in total. The van der Waals surface area contributed by atoms with Crippen molar-refractivity contribution in [2.75, 3.05) is 0 Å². The highest BCUT2D eigenvalue weighted by Gasteiger charge is 2.11. The van der Waals surface area contributed by atoms with Crippen LogP contribution in [0.15, 0.2) is 18.2 Å². The van der Waals surface area contributed by atoms with E-state index in [1.807, 2.05) is 0 Å². The van der Waals surface area contributed by atoms with Crippen molar-refractivity contribution in [3.05, 3.63) is 29.6 Å². The first-order chi connectivity index (χ1) is 10.2. The van der Waals surface area contributed by atoms with Crippen LogP contribution in [0.4, 0.5) is 0 Å². The van der Waals surface area contributed by atoms with E-state index in [9.17, 15) is 4.79 Å². The number of nitrogens with zero attached hydrogens (tertiary/aromatic N) is 2. The highest BCUT2D eigenvalue weighted by molar-refractivity contribution is 5.77. The molecule has 0 fully saturated rings. The van der Waals surface area contributed by atoms with Gasteiger partial charge in [-0.25, -0.2) is 4.98 Å². The molecule has 1 heterocycles. The lowest BCUT2D eigenvalue weighted by Gasteiger charge is -2.08. The van der Waals surface area contributed by atoms with Crippen molar-refractivity contribution < 1.29 is 9.90 Å². The molecule has 4 heteroatoms. The SMILES string of the molecule is CCCCn1c(CCCC(=O)O)nc2cc(CC)ccc21. The summed E-state index contributed by atoms with van der Waals surface area (Å²) in [5, 5.41) is 8.78. The quantitative estimate of drug-likeness (QED) is 0.803. The summed E-state index contributed by atoms with van der Waals surface area (Å²) in [4.78, 5) is 15.4. The van der Waals surface area contributed by atoms with Gasteiger partial charge < -0.3 is 9.67 Å². The highest BCUT2D eigenvalue weighted by atomic mass is 16.4. The molecule has 2 aromatic rings. The molecule has 0 unspecified atom stereocenters. The number of benzene rings is 1. The van der Waals surface area contributed by atoms with Gasteiger partial charge in [0.05, 0.1) is 11.0 Å². The molecule has 0 saturated carbocycles. The molecule has 0 spiro atoms. The van der Waals surface area contributed by atoms with E-state index in [-0.39, 0.29) is 6.42 Å². The minimum Gasteiger partial charge on any atom is -0.481 e. The fourth-order valence-corrected chi connectivity index (χ4v) is 2.60. The Kier molecular flexibility index (Phi) is 5.37. The van der Waals surface area contributed by atoms with Crippen LogP contribution < -0.4 is 0 Å². The molecule has 0 bridgehead atoms. The predicted molar refractivity (Wildman–Crippen MR) is 84.6 cm³/mol. The number of unbranched alkanes of at least 4 members (excludes halogenated alkanes) is 1. The zero-order valence-electron chi connectivity index (χ0n) is 12.9. The number of aromatic nitrogens is 2. The maximum atomic E-state index is 10.7. The predicted octanol–water partition coefficient (Wildman–Crippen LogP) is 3.81. The molecule has 0 amide bonds. The Morgan fingerprint density at radius 2 is 2.10 bits per heavy atom. The van der Waals surface area contributed by atoms with E-state index in [2.05, 4.69) is 36.6 Å². The number of aryl methyl sites for hydroxylation is 3. The molecule has 1 aromatic carbocycles. The van der Waals surface area contributed by atoms with Crippen LogP contribution in [0.25, 0.3) is 11.0 Å². The number of rotatable bonds is 8. The first-order valence-electron chi connectivity index (χ1n) is 7.85. The number of carbonyl (C=O) groups is 1. The molecular formula is C17H24N2O2. The molecule has 4 nitrogen and oxygen atoms in total. The fourth-order valence-electron chi connectivity index (χ4n) is 2.60. The Hall–Kier alpha value is -1.84. The molecule has 114 valence electrons. The van der Waals surface area contributed by atoms with E-state index >= 15 is 0 Å². The number of hydrogen-bond acceptors (Lipinski definition) is 2. The Bertz CT molecular complexity index is 617. The number of aliphatic carboxylic acids is 1. The summed E-state index contributed by atoms with van der Waals surface area (Å²) in [6, 6.07) is 6.46. The van der Waals surface area contributed by atoms with Gasteiger partial charge >= 0.3 is 5.97 Å². The average Bonchev–Trinajstić information content (AvgIpc) is 2.81. The summed E-state index contributed by atoms with van der Waals surface area (Å²) in [7, 11) is 0. The highest BCUT2D eigenvalue weighted by Crippen LogP contribution is 2.20. The standard InChI is InChI=1S/C17H24N2O2/c1-3-5-11-19-15-10-9-13(4-2)12-14(15)18-16(19)7-6-8-17(20)21/h9-10,12H,3-8,11H2,1-2H3,(H,20,21). The summed E-state index contributed by atoms with van der Waals surface area (Å²) < 4.78 is 2.26. The van der Waals surface area contributed by atoms with Crippen molar-refractivity contribution in [3.63, 3.8) is 0 Å². The molecule has 1 aromatic heterocycles. The lowest BCUT2D eigenvalue weighted by Crippen LogP contribution is -2.05. The number of fused-ring (bicyclic) bond motifs is 1. The number of hydrogen-bond donors (Lipinski definition) is 1. The van der Waals surface area contributed by atoms with Crippen LogP contribution in [0.5, 0.6) is 0 Å². The van der Waals surface area contributed by atoms with Crippen LogP contribution in [0.1, 0.15) is 50.9 Å². The third kappa shape index (κ3) is 3.84. The van der Waals surface area contributed by atoms with Gasteiger partial charge in [-0.2, -0.15) is 0 Å². The molecule has 2 rings (SSSR count). The monoisotopic (exact) mass is 288 g/mol. The van der Waals surface area contributed by atoms with Crippen LogP contribution >= 0.6 is 0 Å². The number of imidazole rings is 1. The minimum atomic E-state index is -0.737. The lowest BCUT2D eigenvalue weighted by atomic mass is 10.1. The third-order valence-corrected chi connectivity index (χ3v) is 3.83. The van der Waals surface area contributed by atoms with E-state index in [1.54, 1.807) is 0 Å². The van der Waals surface area contributed by atoms with Crippen LogP contribution in [-0.2, 0) is 24.2 Å².